The van der Waals surface area contributed by atoms with Crippen molar-refractivity contribution in [3.63, 3.8) is 0 Å². The molecule has 0 bridgehead atoms. The number of rotatable bonds is 9. The number of halogens is 1. The lowest BCUT2D eigenvalue weighted by Gasteiger charge is -2.11. The van der Waals surface area contributed by atoms with Gasteiger partial charge in [0.1, 0.15) is 0 Å². The number of hydrogen-bond donors (Lipinski definition) is 0. The molecular formula is C11H21ClO3S. The van der Waals surface area contributed by atoms with E-state index in [1.54, 1.807) is 0 Å². The fourth-order valence-electron chi connectivity index (χ4n) is 1.70. The normalized spacial score (nSPS) is 18.6. The van der Waals surface area contributed by atoms with E-state index in [-0.39, 0.29) is 5.75 Å². The molecule has 3 nitrogen and oxygen atoms in total. The summed E-state index contributed by atoms with van der Waals surface area (Å²) in [5.74, 6) is 0.884. The molecule has 16 heavy (non-hydrogen) atoms. The molecule has 1 aliphatic rings. The zero-order valence-corrected chi connectivity index (χ0v) is 11.4. The molecule has 0 aromatic rings. The standard InChI is InChI=1S/C11H21ClO3S/c1-10(11-6-7-11)15-8-4-2-3-5-9-16(12,13)14/h10-11H,2-9H2,1H3. The molecule has 0 aromatic heterocycles. The molecule has 0 saturated heterocycles. The number of ether oxygens (including phenoxy) is 1. The van der Waals surface area contributed by atoms with E-state index < -0.39 is 9.05 Å². The summed E-state index contributed by atoms with van der Waals surface area (Å²) in [7, 11) is 1.81. The summed E-state index contributed by atoms with van der Waals surface area (Å²) in [6, 6.07) is 0. The minimum Gasteiger partial charge on any atom is -0.378 e. The summed E-state index contributed by atoms with van der Waals surface area (Å²) in [6.07, 6.45) is 6.63. The van der Waals surface area contributed by atoms with Crippen LogP contribution in [0.5, 0.6) is 0 Å². The first kappa shape index (κ1) is 14.3. The number of unbranched alkanes of at least 4 members (excludes halogenated alkanes) is 3. The van der Waals surface area contributed by atoms with E-state index in [1.807, 2.05) is 0 Å². The van der Waals surface area contributed by atoms with Crippen LogP contribution in [0.25, 0.3) is 0 Å². The van der Waals surface area contributed by atoms with Crippen molar-refractivity contribution in [3.05, 3.63) is 0 Å². The Kier molecular flexibility index (Phi) is 6.08. The average Bonchev–Trinajstić information content (AvgIpc) is 2.97. The predicted octanol–water partition coefficient (Wildman–Crippen LogP) is 2.93. The van der Waals surface area contributed by atoms with E-state index in [0.717, 1.165) is 31.8 Å². The van der Waals surface area contributed by atoms with Gasteiger partial charge in [0.2, 0.25) is 9.05 Å². The maximum Gasteiger partial charge on any atom is 0.232 e. The molecule has 0 heterocycles. The Morgan fingerprint density at radius 3 is 2.44 bits per heavy atom. The van der Waals surface area contributed by atoms with Gasteiger partial charge in [-0.25, -0.2) is 8.42 Å². The van der Waals surface area contributed by atoms with Crippen LogP contribution in [0.15, 0.2) is 0 Å². The summed E-state index contributed by atoms with van der Waals surface area (Å²) >= 11 is 0. The molecule has 1 saturated carbocycles. The van der Waals surface area contributed by atoms with Crippen LogP contribution in [0, 0.1) is 5.92 Å². The van der Waals surface area contributed by atoms with Gasteiger partial charge in [0.15, 0.2) is 0 Å². The third-order valence-corrected chi connectivity index (χ3v) is 4.19. The van der Waals surface area contributed by atoms with Gasteiger partial charge >= 0.3 is 0 Å². The predicted molar refractivity (Wildman–Crippen MR) is 66.2 cm³/mol. The van der Waals surface area contributed by atoms with Gasteiger partial charge in [-0.3, -0.25) is 0 Å². The van der Waals surface area contributed by atoms with Gasteiger partial charge in [0.25, 0.3) is 0 Å². The molecule has 0 aromatic carbocycles. The quantitative estimate of drug-likeness (QED) is 0.477. The molecule has 5 heteroatoms. The average molecular weight is 269 g/mol. The van der Waals surface area contributed by atoms with Crippen molar-refractivity contribution in [3.8, 4) is 0 Å². The van der Waals surface area contributed by atoms with Gasteiger partial charge in [-0.05, 0) is 38.5 Å². The zero-order valence-electron chi connectivity index (χ0n) is 9.82. The lowest BCUT2D eigenvalue weighted by molar-refractivity contribution is 0.0487. The fourth-order valence-corrected chi connectivity index (χ4v) is 2.58. The van der Waals surface area contributed by atoms with Crippen molar-refractivity contribution in [1.29, 1.82) is 0 Å². The highest BCUT2D eigenvalue weighted by Crippen LogP contribution is 2.33. The molecule has 1 aliphatic carbocycles. The fraction of sp³-hybridized carbons (Fsp3) is 1.00. The zero-order chi connectivity index (χ0) is 12.0. The summed E-state index contributed by atoms with van der Waals surface area (Å²) in [6.45, 7) is 2.93. The maximum atomic E-state index is 10.6. The first-order valence-electron chi connectivity index (χ1n) is 6.03. The van der Waals surface area contributed by atoms with Crippen LogP contribution in [-0.4, -0.2) is 26.9 Å². The minimum atomic E-state index is -3.29. The highest BCUT2D eigenvalue weighted by atomic mass is 35.7. The molecule has 1 unspecified atom stereocenters. The molecule has 0 N–H and O–H groups in total. The Hall–Kier alpha value is 0.200. The molecular weight excluding hydrogens is 248 g/mol. The van der Waals surface area contributed by atoms with Crippen LogP contribution in [0.2, 0.25) is 0 Å². The van der Waals surface area contributed by atoms with Gasteiger partial charge in [0, 0.05) is 17.3 Å². The Bertz CT molecular complexity index is 286. The van der Waals surface area contributed by atoms with Crippen LogP contribution in [0.1, 0.15) is 45.4 Å². The van der Waals surface area contributed by atoms with Crippen molar-refractivity contribution < 1.29 is 13.2 Å². The summed E-state index contributed by atoms with van der Waals surface area (Å²) < 4.78 is 26.9. The van der Waals surface area contributed by atoms with E-state index in [0.29, 0.717) is 12.5 Å². The van der Waals surface area contributed by atoms with E-state index in [1.165, 1.54) is 12.8 Å². The molecule has 0 spiro atoms. The monoisotopic (exact) mass is 268 g/mol. The topological polar surface area (TPSA) is 43.4 Å². The Morgan fingerprint density at radius 1 is 1.25 bits per heavy atom. The van der Waals surface area contributed by atoms with Gasteiger partial charge in [-0.2, -0.15) is 0 Å². The van der Waals surface area contributed by atoms with E-state index >= 15 is 0 Å². The van der Waals surface area contributed by atoms with Gasteiger partial charge in [-0.15, -0.1) is 0 Å². The first-order chi connectivity index (χ1) is 7.49. The van der Waals surface area contributed by atoms with Crippen molar-refractivity contribution in [2.75, 3.05) is 12.4 Å². The molecule has 0 aliphatic heterocycles. The highest BCUT2D eigenvalue weighted by Gasteiger charge is 2.28. The van der Waals surface area contributed by atoms with Crippen LogP contribution in [0.4, 0.5) is 0 Å². The Balaban J connectivity index is 1.84. The lowest BCUT2D eigenvalue weighted by Crippen LogP contribution is -2.11. The van der Waals surface area contributed by atoms with Gasteiger partial charge in [-0.1, -0.05) is 12.8 Å². The summed E-state index contributed by atoms with van der Waals surface area (Å²) in [5, 5.41) is 0. The molecule has 1 rings (SSSR count). The van der Waals surface area contributed by atoms with Gasteiger partial charge < -0.3 is 4.74 Å². The van der Waals surface area contributed by atoms with Crippen molar-refractivity contribution in [2.45, 2.75) is 51.6 Å². The second-order valence-electron chi connectivity index (χ2n) is 4.57. The minimum absolute atomic E-state index is 0.0912. The summed E-state index contributed by atoms with van der Waals surface area (Å²) in [4.78, 5) is 0. The first-order valence-corrected chi connectivity index (χ1v) is 8.51. The maximum absolute atomic E-state index is 10.6. The SMILES string of the molecule is CC(OCCCCCCS(=O)(=O)Cl)C1CC1. The molecule has 1 atom stereocenters. The molecule has 0 radical (unpaired) electrons. The van der Waals surface area contributed by atoms with Gasteiger partial charge in [0.05, 0.1) is 11.9 Å². The lowest BCUT2D eigenvalue weighted by atomic mass is 10.2. The smallest absolute Gasteiger partial charge is 0.232 e. The van der Waals surface area contributed by atoms with E-state index in [4.69, 9.17) is 15.4 Å². The van der Waals surface area contributed by atoms with Crippen molar-refractivity contribution in [1.82, 2.24) is 0 Å². The van der Waals surface area contributed by atoms with Crippen LogP contribution < -0.4 is 0 Å². The van der Waals surface area contributed by atoms with Crippen LogP contribution >= 0.6 is 10.7 Å². The van der Waals surface area contributed by atoms with Crippen LogP contribution in [0.3, 0.4) is 0 Å². The molecule has 1 fully saturated rings. The van der Waals surface area contributed by atoms with E-state index in [2.05, 4.69) is 6.92 Å². The number of hydrogen-bond acceptors (Lipinski definition) is 3. The highest BCUT2D eigenvalue weighted by molar-refractivity contribution is 8.13. The second-order valence-corrected chi connectivity index (χ2v) is 7.47. The molecule has 96 valence electrons. The second kappa shape index (κ2) is 6.82. The summed E-state index contributed by atoms with van der Waals surface area (Å²) in [5.41, 5.74) is 0. The third kappa shape index (κ3) is 7.47. The van der Waals surface area contributed by atoms with E-state index in [9.17, 15) is 8.42 Å². The Labute approximate surface area is 103 Å². The Morgan fingerprint density at radius 2 is 1.88 bits per heavy atom. The van der Waals surface area contributed by atoms with Crippen molar-refractivity contribution in [2.24, 2.45) is 5.92 Å². The third-order valence-electron chi connectivity index (χ3n) is 2.95. The largest absolute Gasteiger partial charge is 0.378 e. The molecule has 0 amide bonds. The van der Waals surface area contributed by atoms with Crippen LogP contribution in [-0.2, 0) is 13.8 Å². The van der Waals surface area contributed by atoms with Crippen molar-refractivity contribution >= 4 is 19.7 Å².